The second-order valence-corrected chi connectivity index (χ2v) is 6.90. The molecule has 0 bridgehead atoms. The number of hydrogen-bond donors (Lipinski definition) is 1. The topological polar surface area (TPSA) is 102 Å². The Labute approximate surface area is 174 Å². The zero-order valence-electron chi connectivity index (χ0n) is 14.5. The van der Waals surface area contributed by atoms with Gasteiger partial charge in [-0.15, -0.1) is 0 Å². The molecule has 144 valence electrons. The lowest BCUT2D eigenvalue weighted by Gasteiger charge is -1.99. The highest BCUT2D eigenvalue weighted by Gasteiger charge is 2.13. The van der Waals surface area contributed by atoms with Crippen LogP contribution in [0, 0.1) is 10.1 Å². The predicted octanol–water partition coefficient (Wildman–Crippen LogP) is 6.17. The zero-order chi connectivity index (χ0) is 20.5. The lowest BCUT2D eigenvalue weighted by molar-refractivity contribution is -0.384. The number of oxazole rings is 1. The number of fused-ring (bicyclic) bond motifs is 1. The normalized spacial score (nSPS) is 11.4. The van der Waals surface area contributed by atoms with Gasteiger partial charge in [0.1, 0.15) is 11.3 Å². The monoisotopic (exact) mass is 427 g/mol. The molecule has 0 aliphatic rings. The molecular weight excluding hydrogens is 417 g/mol. The van der Waals surface area contributed by atoms with Crippen LogP contribution < -0.4 is 0 Å². The molecule has 4 aromatic rings. The fourth-order valence-electron chi connectivity index (χ4n) is 2.68. The van der Waals surface area contributed by atoms with E-state index < -0.39 is 4.92 Å². The third kappa shape index (κ3) is 3.91. The van der Waals surface area contributed by atoms with Crippen molar-refractivity contribution in [3.63, 3.8) is 0 Å². The van der Waals surface area contributed by atoms with Gasteiger partial charge in [-0.2, -0.15) is 0 Å². The number of aliphatic imine (C=N–C) groups is 1. The first-order chi connectivity index (χ1) is 13.9. The van der Waals surface area contributed by atoms with E-state index in [1.165, 1.54) is 24.4 Å². The molecule has 1 heterocycles. The second-order valence-electron chi connectivity index (χ2n) is 6.05. The van der Waals surface area contributed by atoms with Crippen LogP contribution in [0.25, 0.3) is 22.6 Å². The van der Waals surface area contributed by atoms with Crippen LogP contribution in [0.5, 0.6) is 5.75 Å². The maximum Gasteiger partial charge on any atom is 0.270 e. The van der Waals surface area contributed by atoms with Gasteiger partial charge in [0.2, 0.25) is 5.89 Å². The summed E-state index contributed by atoms with van der Waals surface area (Å²) < 4.78 is 5.75. The molecule has 0 saturated carbocycles. The van der Waals surface area contributed by atoms with Crippen LogP contribution >= 0.6 is 23.2 Å². The molecular formula is C20H11Cl2N3O4. The molecule has 0 atom stereocenters. The van der Waals surface area contributed by atoms with Gasteiger partial charge in [-0.05, 0) is 42.5 Å². The lowest BCUT2D eigenvalue weighted by atomic mass is 10.2. The summed E-state index contributed by atoms with van der Waals surface area (Å²) in [6, 6.07) is 13.8. The molecule has 0 unspecified atom stereocenters. The Morgan fingerprint density at radius 1 is 1.10 bits per heavy atom. The van der Waals surface area contributed by atoms with Crippen LogP contribution in [0.1, 0.15) is 5.56 Å². The molecule has 0 spiro atoms. The number of halogens is 2. The van der Waals surface area contributed by atoms with Crippen LogP contribution in [0.4, 0.5) is 11.4 Å². The van der Waals surface area contributed by atoms with Gasteiger partial charge in [0.15, 0.2) is 5.58 Å². The Morgan fingerprint density at radius 2 is 1.93 bits per heavy atom. The van der Waals surface area contributed by atoms with E-state index in [9.17, 15) is 15.2 Å². The van der Waals surface area contributed by atoms with Crippen molar-refractivity contribution in [2.45, 2.75) is 0 Å². The quantitative estimate of drug-likeness (QED) is 0.238. The van der Waals surface area contributed by atoms with Gasteiger partial charge in [0.25, 0.3) is 5.69 Å². The van der Waals surface area contributed by atoms with Crippen molar-refractivity contribution in [3.8, 4) is 17.2 Å². The average molecular weight is 428 g/mol. The van der Waals surface area contributed by atoms with Crippen molar-refractivity contribution < 1.29 is 14.4 Å². The molecule has 7 nitrogen and oxygen atoms in total. The van der Waals surface area contributed by atoms with Crippen molar-refractivity contribution in [1.29, 1.82) is 0 Å². The van der Waals surface area contributed by atoms with Gasteiger partial charge in [-0.25, -0.2) is 4.98 Å². The van der Waals surface area contributed by atoms with Crippen molar-refractivity contribution in [2.24, 2.45) is 4.99 Å². The maximum absolute atomic E-state index is 10.9. The Hall–Kier alpha value is -3.42. The number of phenols is 1. The Bertz CT molecular complexity index is 1280. The third-order valence-corrected chi connectivity index (χ3v) is 4.67. The molecule has 4 rings (SSSR count). The van der Waals surface area contributed by atoms with E-state index in [2.05, 4.69) is 9.98 Å². The minimum atomic E-state index is -0.541. The van der Waals surface area contributed by atoms with Crippen molar-refractivity contribution in [2.75, 3.05) is 0 Å². The summed E-state index contributed by atoms with van der Waals surface area (Å²) in [7, 11) is 0. The summed E-state index contributed by atoms with van der Waals surface area (Å²) in [6.07, 6.45) is 1.35. The lowest BCUT2D eigenvalue weighted by Crippen LogP contribution is -1.90. The highest BCUT2D eigenvalue weighted by atomic mass is 35.5. The first kappa shape index (κ1) is 18.9. The molecule has 0 radical (unpaired) electrons. The van der Waals surface area contributed by atoms with Gasteiger partial charge in [-0.1, -0.05) is 23.2 Å². The second kappa shape index (κ2) is 7.54. The van der Waals surface area contributed by atoms with E-state index in [4.69, 9.17) is 27.6 Å². The number of rotatable bonds is 4. The van der Waals surface area contributed by atoms with E-state index in [1.807, 2.05) is 0 Å². The molecule has 0 saturated heterocycles. The molecule has 0 aliphatic carbocycles. The van der Waals surface area contributed by atoms with Crippen LogP contribution in [-0.2, 0) is 0 Å². The summed E-state index contributed by atoms with van der Waals surface area (Å²) in [6.45, 7) is 0. The van der Waals surface area contributed by atoms with Gasteiger partial charge in [-0.3, -0.25) is 15.1 Å². The summed E-state index contributed by atoms with van der Waals surface area (Å²) in [5.41, 5.74) is 2.27. The van der Waals surface area contributed by atoms with Gasteiger partial charge in [0, 0.05) is 28.9 Å². The number of hydrogen-bond acceptors (Lipinski definition) is 6. The van der Waals surface area contributed by atoms with Gasteiger partial charge < -0.3 is 9.52 Å². The molecule has 0 fully saturated rings. The average Bonchev–Trinajstić information content (AvgIpc) is 3.12. The molecule has 29 heavy (non-hydrogen) atoms. The highest BCUT2D eigenvalue weighted by Crippen LogP contribution is 2.33. The zero-order valence-corrected chi connectivity index (χ0v) is 16.1. The maximum atomic E-state index is 10.9. The Kier molecular flexibility index (Phi) is 4.92. The third-order valence-electron chi connectivity index (χ3n) is 4.10. The number of nitrogens with zero attached hydrogens (tertiary/aromatic N) is 3. The largest absolute Gasteiger partial charge is 0.507 e. The number of nitro benzene ring substituents is 1. The summed E-state index contributed by atoms with van der Waals surface area (Å²) in [4.78, 5) is 19.0. The molecule has 3 aromatic carbocycles. The number of benzene rings is 3. The Balaban J connectivity index is 1.68. The van der Waals surface area contributed by atoms with E-state index >= 15 is 0 Å². The smallest absolute Gasteiger partial charge is 0.270 e. The predicted molar refractivity (Wildman–Crippen MR) is 111 cm³/mol. The van der Waals surface area contributed by atoms with Crippen molar-refractivity contribution in [3.05, 3.63) is 80.3 Å². The Morgan fingerprint density at radius 3 is 2.72 bits per heavy atom. The SMILES string of the molecule is O=[N+]([O-])c1ccc(O)c(C=Nc2ccc3oc(-c4cc(Cl)ccc4Cl)nc3c2)c1. The van der Waals surface area contributed by atoms with E-state index in [-0.39, 0.29) is 17.0 Å². The molecule has 9 heteroatoms. The van der Waals surface area contributed by atoms with Crippen molar-refractivity contribution >= 4 is 51.9 Å². The fourth-order valence-corrected chi connectivity index (χ4v) is 3.05. The van der Waals surface area contributed by atoms with Gasteiger partial charge >= 0.3 is 0 Å². The van der Waals surface area contributed by atoms with E-state index in [0.29, 0.717) is 38.3 Å². The first-order valence-corrected chi connectivity index (χ1v) is 9.04. The summed E-state index contributed by atoms with van der Waals surface area (Å²) in [5.74, 6) is 0.213. The van der Waals surface area contributed by atoms with Crippen LogP contribution in [0.2, 0.25) is 10.0 Å². The van der Waals surface area contributed by atoms with E-state index in [0.717, 1.165) is 0 Å². The number of aromatic hydroxyl groups is 1. The minimum Gasteiger partial charge on any atom is -0.507 e. The van der Waals surface area contributed by atoms with Crippen molar-refractivity contribution in [1.82, 2.24) is 4.98 Å². The summed E-state index contributed by atoms with van der Waals surface area (Å²) >= 11 is 12.2. The van der Waals surface area contributed by atoms with Crippen LogP contribution in [-0.4, -0.2) is 21.2 Å². The fraction of sp³-hybridized carbons (Fsp3) is 0. The van der Waals surface area contributed by atoms with Crippen LogP contribution in [0.3, 0.4) is 0 Å². The molecule has 0 amide bonds. The molecule has 1 aromatic heterocycles. The first-order valence-electron chi connectivity index (χ1n) is 8.28. The number of aromatic nitrogens is 1. The standard InChI is InChI=1S/C20H11Cl2N3O4/c21-12-1-4-16(22)15(8-12)20-24-17-9-13(2-6-19(17)29-20)23-10-11-7-14(25(27)28)3-5-18(11)26/h1-10,26H. The van der Waals surface area contributed by atoms with Crippen LogP contribution in [0.15, 0.2) is 64.0 Å². The number of phenolic OH excluding ortho intramolecular Hbond substituents is 1. The molecule has 1 N–H and O–H groups in total. The number of non-ortho nitro benzene ring substituents is 1. The minimum absolute atomic E-state index is 0.111. The highest BCUT2D eigenvalue weighted by molar-refractivity contribution is 6.35. The van der Waals surface area contributed by atoms with Gasteiger partial charge in [0.05, 0.1) is 21.2 Å². The number of nitro groups is 1. The van der Waals surface area contributed by atoms with E-state index in [1.54, 1.807) is 36.4 Å². The summed E-state index contributed by atoms with van der Waals surface area (Å²) in [5, 5.41) is 21.7. The molecule has 0 aliphatic heterocycles.